The molecule has 0 saturated carbocycles. The van der Waals surface area contributed by atoms with Gasteiger partial charge < -0.3 is 9.47 Å². The topological polar surface area (TPSA) is 81.9 Å². The fraction of sp³-hybridized carbons (Fsp3) is 0.125. The number of nitrogens with zero attached hydrogens (tertiary/aromatic N) is 1. The summed E-state index contributed by atoms with van der Waals surface area (Å²) < 4.78 is 10.8. The molecular weight excluding hydrogens is 284 g/mol. The average molecular weight is 298 g/mol. The number of imide groups is 1. The van der Waals surface area contributed by atoms with Gasteiger partial charge in [-0.1, -0.05) is 30.3 Å². The van der Waals surface area contributed by atoms with Gasteiger partial charge >= 0.3 is 6.09 Å². The lowest BCUT2D eigenvalue weighted by atomic mass is 9.95. The van der Waals surface area contributed by atoms with Crippen LogP contribution in [-0.2, 0) is 15.1 Å². The molecule has 1 aliphatic heterocycles. The number of rotatable bonds is 3. The maximum atomic E-state index is 12.0. The summed E-state index contributed by atoms with van der Waals surface area (Å²) in [5, 5.41) is 0.481. The molecule has 0 radical (unpaired) electrons. The number of nitrogens with two attached hydrogens (primary N) is 1. The van der Waals surface area contributed by atoms with Crippen molar-refractivity contribution >= 4 is 12.0 Å². The molecule has 2 aromatic carbocycles. The normalized spacial score (nSPS) is 20.9. The molecule has 0 aliphatic carbocycles. The summed E-state index contributed by atoms with van der Waals surface area (Å²) in [4.78, 5) is 23.5. The van der Waals surface area contributed by atoms with E-state index >= 15 is 0 Å². The number of para-hydroxylation sites is 1. The van der Waals surface area contributed by atoms with Crippen LogP contribution in [-0.4, -0.2) is 17.0 Å². The Kier molecular flexibility index (Phi) is 3.30. The van der Waals surface area contributed by atoms with Crippen molar-refractivity contribution in [2.75, 3.05) is 0 Å². The van der Waals surface area contributed by atoms with E-state index in [-0.39, 0.29) is 0 Å². The molecule has 1 atom stereocenters. The van der Waals surface area contributed by atoms with Crippen LogP contribution in [0.1, 0.15) is 12.5 Å². The summed E-state index contributed by atoms with van der Waals surface area (Å²) in [6, 6.07) is 16.1. The van der Waals surface area contributed by atoms with Gasteiger partial charge in [0.25, 0.3) is 5.91 Å². The van der Waals surface area contributed by atoms with Crippen LogP contribution in [0.5, 0.6) is 11.5 Å². The predicted octanol–water partition coefficient (Wildman–Crippen LogP) is 2.55. The number of amides is 2. The lowest BCUT2D eigenvalue weighted by molar-refractivity contribution is -0.136. The standard InChI is InChI=1S/C16H14N2O4/c1-16(14(19)18(17)15(20)22-16)11-7-9-13(10-8-11)21-12-5-3-2-4-6-12/h2-10H,17H2,1H3. The molecule has 112 valence electrons. The SMILES string of the molecule is CC1(c2ccc(Oc3ccccc3)cc2)OC(=O)N(N)C1=O. The van der Waals surface area contributed by atoms with Gasteiger partial charge in [0.15, 0.2) is 0 Å². The van der Waals surface area contributed by atoms with Crippen molar-refractivity contribution in [1.29, 1.82) is 0 Å². The maximum Gasteiger partial charge on any atom is 0.432 e. The first-order chi connectivity index (χ1) is 10.5. The Morgan fingerprint density at radius 2 is 1.59 bits per heavy atom. The number of hydrazine groups is 1. The van der Waals surface area contributed by atoms with E-state index in [9.17, 15) is 9.59 Å². The molecule has 1 heterocycles. The number of hydrogen-bond donors (Lipinski definition) is 1. The van der Waals surface area contributed by atoms with E-state index in [1.54, 1.807) is 24.3 Å². The van der Waals surface area contributed by atoms with E-state index in [0.717, 1.165) is 0 Å². The second-order valence-electron chi connectivity index (χ2n) is 5.02. The van der Waals surface area contributed by atoms with Crippen molar-refractivity contribution in [2.24, 2.45) is 5.84 Å². The fourth-order valence-electron chi connectivity index (χ4n) is 2.23. The first-order valence-electron chi connectivity index (χ1n) is 6.66. The van der Waals surface area contributed by atoms with Crippen LogP contribution in [0.15, 0.2) is 54.6 Å². The summed E-state index contributed by atoms with van der Waals surface area (Å²) in [6.45, 7) is 1.51. The monoisotopic (exact) mass is 298 g/mol. The molecule has 6 nitrogen and oxygen atoms in total. The van der Waals surface area contributed by atoms with E-state index in [1.807, 2.05) is 30.3 Å². The van der Waals surface area contributed by atoms with Crippen molar-refractivity contribution < 1.29 is 19.1 Å². The minimum Gasteiger partial charge on any atom is -0.457 e. The third-order valence-corrected chi connectivity index (χ3v) is 3.50. The molecule has 1 unspecified atom stereocenters. The Labute approximate surface area is 127 Å². The van der Waals surface area contributed by atoms with Crippen LogP contribution in [0.4, 0.5) is 4.79 Å². The van der Waals surface area contributed by atoms with E-state index in [0.29, 0.717) is 22.1 Å². The number of benzene rings is 2. The molecular formula is C16H14N2O4. The van der Waals surface area contributed by atoms with Gasteiger partial charge in [-0.25, -0.2) is 10.6 Å². The molecule has 3 rings (SSSR count). The highest BCUT2D eigenvalue weighted by molar-refractivity contribution is 6.02. The molecule has 1 aliphatic rings. The molecule has 2 amide bonds. The van der Waals surface area contributed by atoms with Gasteiger partial charge in [0, 0.05) is 5.56 Å². The number of cyclic esters (lactones) is 1. The van der Waals surface area contributed by atoms with Crippen molar-refractivity contribution in [3.8, 4) is 11.5 Å². The Balaban J connectivity index is 1.83. The van der Waals surface area contributed by atoms with Crippen LogP contribution in [0, 0.1) is 0 Å². The van der Waals surface area contributed by atoms with Crippen LogP contribution >= 0.6 is 0 Å². The molecule has 1 saturated heterocycles. The van der Waals surface area contributed by atoms with E-state index < -0.39 is 17.6 Å². The summed E-state index contributed by atoms with van der Waals surface area (Å²) in [7, 11) is 0. The minimum absolute atomic E-state index is 0.481. The summed E-state index contributed by atoms with van der Waals surface area (Å²) in [5.41, 5.74) is -0.879. The zero-order valence-corrected chi connectivity index (χ0v) is 11.9. The fourth-order valence-corrected chi connectivity index (χ4v) is 2.23. The van der Waals surface area contributed by atoms with Crippen LogP contribution < -0.4 is 10.6 Å². The molecule has 6 heteroatoms. The van der Waals surface area contributed by atoms with Crippen LogP contribution in [0.3, 0.4) is 0 Å². The predicted molar refractivity (Wildman–Crippen MR) is 77.8 cm³/mol. The van der Waals surface area contributed by atoms with E-state index in [4.69, 9.17) is 15.3 Å². The highest BCUT2D eigenvalue weighted by Gasteiger charge is 2.51. The molecule has 22 heavy (non-hydrogen) atoms. The van der Waals surface area contributed by atoms with Crippen LogP contribution in [0.25, 0.3) is 0 Å². The Bertz CT molecular complexity index is 715. The highest BCUT2D eigenvalue weighted by atomic mass is 16.6. The molecule has 1 fully saturated rings. The molecule has 0 spiro atoms. The summed E-state index contributed by atoms with van der Waals surface area (Å²) >= 11 is 0. The van der Waals surface area contributed by atoms with Gasteiger partial charge in [0.1, 0.15) is 11.5 Å². The van der Waals surface area contributed by atoms with Gasteiger partial charge in [0.05, 0.1) is 0 Å². The first kappa shape index (κ1) is 14.1. The maximum absolute atomic E-state index is 12.0. The Morgan fingerprint density at radius 1 is 1.00 bits per heavy atom. The van der Waals surface area contributed by atoms with Crippen molar-refractivity contribution in [3.63, 3.8) is 0 Å². The number of hydrogen-bond acceptors (Lipinski definition) is 5. The van der Waals surface area contributed by atoms with Gasteiger partial charge in [-0.3, -0.25) is 4.79 Å². The third-order valence-electron chi connectivity index (χ3n) is 3.50. The average Bonchev–Trinajstić information content (AvgIpc) is 2.73. The second kappa shape index (κ2) is 5.16. The third kappa shape index (κ3) is 2.29. The zero-order chi connectivity index (χ0) is 15.7. The lowest BCUT2D eigenvalue weighted by Crippen LogP contribution is -2.40. The van der Waals surface area contributed by atoms with Gasteiger partial charge in [-0.2, -0.15) is 5.01 Å². The van der Waals surface area contributed by atoms with Gasteiger partial charge in [-0.15, -0.1) is 0 Å². The minimum atomic E-state index is -1.41. The molecule has 0 bridgehead atoms. The quantitative estimate of drug-likeness (QED) is 0.695. The highest BCUT2D eigenvalue weighted by Crippen LogP contribution is 2.34. The van der Waals surface area contributed by atoms with Crippen molar-refractivity contribution in [1.82, 2.24) is 5.01 Å². The Morgan fingerprint density at radius 3 is 2.14 bits per heavy atom. The number of carbonyl (C=O) groups excluding carboxylic acids is 2. The first-order valence-corrected chi connectivity index (χ1v) is 6.66. The van der Waals surface area contributed by atoms with Crippen molar-refractivity contribution in [3.05, 3.63) is 60.2 Å². The number of ether oxygens (including phenoxy) is 2. The van der Waals surface area contributed by atoms with Crippen molar-refractivity contribution in [2.45, 2.75) is 12.5 Å². The van der Waals surface area contributed by atoms with Crippen LogP contribution in [0.2, 0.25) is 0 Å². The van der Waals surface area contributed by atoms with Gasteiger partial charge in [-0.05, 0) is 31.2 Å². The summed E-state index contributed by atoms with van der Waals surface area (Å²) in [6.07, 6.45) is -0.864. The summed E-state index contributed by atoms with van der Waals surface area (Å²) in [5.74, 6) is 6.07. The molecule has 2 aromatic rings. The second-order valence-corrected chi connectivity index (χ2v) is 5.02. The number of carbonyl (C=O) groups is 2. The largest absolute Gasteiger partial charge is 0.457 e. The molecule has 2 N–H and O–H groups in total. The Hall–Kier alpha value is -2.86. The lowest BCUT2D eigenvalue weighted by Gasteiger charge is -2.20. The van der Waals surface area contributed by atoms with Gasteiger partial charge in [0.2, 0.25) is 5.60 Å². The zero-order valence-electron chi connectivity index (χ0n) is 11.9. The van der Waals surface area contributed by atoms with E-state index in [2.05, 4.69) is 0 Å². The smallest absolute Gasteiger partial charge is 0.432 e. The van der Waals surface area contributed by atoms with E-state index in [1.165, 1.54) is 6.92 Å². The molecule has 0 aromatic heterocycles.